The molecule has 0 aliphatic rings. The molecule has 0 saturated heterocycles. The molecule has 0 fully saturated rings. The van der Waals surface area contributed by atoms with Crippen LogP contribution in [0, 0.1) is 12.7 Å². The minimum atomic E-state index is -0.553. The van der Waals surface area contributed by atoms with Gasteiger partial charge in [0.1, 0.15) is 35.5 Å². The van der Waals surface area contributed by atoms with E-state index >= 15 is 0 Å². The third kappa shape index (κ3) is 3.84. The number of hydrogen-bond acceptors (Lipinski definition) is 8. The molecule has 0 radical (unpaired) electrons. The summed E-state index contributed by atoms with van der Waals surface area (Å²) in [5, 5.41) is 22.2. The van der Waals surface area contributed by atoms with E-state index in [9.17, 15) is 9.50 Å². The second kappa shape index (κ2) is 8.13. The van der Waals surface area contributed by atoms with Gasteiger partial charge in [-0.2, -0.15) is 9.97 Å². The zero-order chi connectivity index (χ0) is 20.3. The smallest absolute Gasteiger partial charge is 0.318 e. The first-order chi connectivity index (χ1) is 13.5. The fourth-order valence-corrected chi connectivity index (χ4v) is 2.66. The molecule has 1 heterocycles. The van der Waals surface area contributed by atoms with Crippen LogP contribution in [0.3, 0.4) is 0 Å². The number of phenols is 1. The largest absolute Gasteiger partial charge is 0.508 e. The zero-order valence-corrected chi connectivity index (χ0v) is 15.6. The standard InChI is InChI=1S/C19H20FN3O5/c1-10-6-12(20)13(9-15(10)25)21-18-17-14(22-19(23-18)27-3)7-11(28-5-4-24)8-16(17)26-2/h6-9,24-25H,4-5H2,1-3H3,(H,21,22,23). The zero-order valence-electron chi connectivity index (χ0n) is 15.6. The number of fused-ring (bicyclic) bond motifs is 1. The molecule has 0 amide bonds. The number of aliphatic hydroxyl groups is 1. The van der Waals surface area contributed by atoms with E-state index in [2.05, 4.69) is 15.3 Å². The van der Waals surface area contributed by atoms with E-state index in [0.29, 0.717) is 28.0 Å². The summed E-state index contributed by atoms with van der Waals surface area (Å²) < 4.78 is 30.4. The van der Waals surface area contributed by atoms with E-state index < -0.39 is 5.82 Å². The van der Waals surface area contributed by atoms with Crippen LogP contribution in [0.4, 0.5) is 15.9 Å². The van der Waals surface area contributed by atoms with Crippen molar-refractivity contribution in [1.82, 2.24) is 9.97 Å². The lowest BCUT2D eigenvalue weighted by Gasteiger charge is -2.15. The minimum absolute atomic E-state index is 0.0350. The van der Waals surface area contributed by atoms with Crippen molar-refractivity contribution in [3.63, 3.8) is 0 Å². The number of nitrogens with one attached hydrogen (secondary N) is 1. The Morgan fingerprint density at radius 3 is 2.57 bits per heavy atom. The summed E-state index contributed by atoms with van der Waals surface area (Å²) >= 11 is 0. The van der Waals surface area contributed by atoms with Crippen molar-refractivity contribution < 1.29 is 28.8 Å². The molecule has 0 saturated carbocycles. The maximum atomic E-state index is 14.4. The van der Waals surface area contributed by atoms with Gasteiger partial charge in [-0.1, -0.05) is 0 Å². The number of hydrogen-bond donors (Lipinski definition) is 3. The van der Waals surface area contributed by atoms with Gasteiger partial charge in [0.25, 0.3) is 0 Å². The molecule has 0 spiro atoms. The van der Waals surface area contributed by atoms with Gasteiger partial charge in [0.05, 0.1) is 37.4 Å². The van der Waals surface area contributed by atoms with E-state index in [1.54, 1.807) is 19.1 Å². The van der Waals surface area contributed by atoms with Gasteiger partial charge in [0, 0.05) is 18.2 Å². The summed E-state index contributed by atoms with van der Waals surface area (Å²) in [4.78, 5) is 8.54. The van der Waals surface area contributed by atoms with Crippen molar-refractivity contribution in [2.45, 2.75) is 6.92 Å². The lowest BCUT2D eigenvalue weighted by molar-refractivity contribution is 0.201. The van der Waals surface area contributed by atoms with Crippen molar-refractivity contribution in [1.29, 1.82) is 0 Å². The predicted molar refractivity (Wildman–Crippen MR) is 101 cm³/mol. The van der Waals surface area contributed by atoms with E-state index in [1.807, 2.05) is 0 Å². The average Bonchev–Trinajstić information content (AvgIpc) is 2.69. The summed E-state index contributed by atoms with van der Waals surface area (Å²) in [6.45, 7) is 1.56. The Bertz CT molecular complexity index is 1010. The van der Waals surface area contributed by atoms with E-state index in [1.165, 1.54) is 26.4 Å². The second-order valence-electron chi connectivity index (χ2n) is 5.89. The third-order valence-corrected chi connectivity index (χ3v) is 4.02. The number of aliphatic hydroxyl groups excluding tert-OH is 1. The van der Waals surface area contributed by atoms with Crippen molar-refractivity contribution in [2.24, 2.45) is 0 Å². The van der Waals surface area contributed by atoms with Crippen molar-refractivity contribution in [2.75, 3.05) is 32.8 Å². The Labute approximate surface area is 160 Å². The van der Waals surface area contributed by atoms with E-state index in [4.69, 9.17) is 19.3 Å². The molecular weight excluding hydrogens is 369 g/mol. The van der Waals surface area contributed by atoms with Crippen LogP contribution in [0.25, 0.3) is 10.9 Å². The molecule has 0 bridgehead atoms. The number of aromatic hydroxyl groups is 1. The number of benzene rings is 2. The predicted octanol–water partition coefficient (Wildman–Crippen LogP) is 2.91. The number of halogens is 1. The molecule has 0 unspecified atom stereocenters. The molecule has 0 atom stereocenters. The summed E-state index contributed by atoms with van der Waals surface area (Å²) in [6.07, 6.45) is 0. The molecule has 28 heavy (non-hydrogen) atoms. The molecule has 3 rings (SSSR count). The number of rotatable bonds is 7. The SMILES string of the molecule is COc1nc(Nc2cc(O)c(C)cc2F)c2c(OC)cc(OCCO)cc2n1. The maximum Gasteiger partial charge on any atom is 0.318 e. The monoisotopic (exact) mass is 389 g/mol. The Morgan fingerprint density at radius 1 is 1.11 bits per heavy atom. The summed E-state index contributed by atoms with van der Waals surface area (Å²) in [5.74, 6) is 0.440. The molecule has 0 aliphatic carbocycles. The van der Waals surface area contributed by atoms with Gasteiger partial charge in [-0.05, 0) is 18.6 Å². The number of anilines is 2. The number of aryl methyl sites for hydroxylation is 1. The molecule has 9 heteroatoms. The van der Waals surface area contributed by atoms with Crippen molar-refractivity contribution >= 4 is 22.4 Å². The van der Waals surface area contributed by atoms with Gasteiger partial charge < -0.3 is 29.7 Å². The van der Waals surface area contributed by atoms with Crippen LogP contribution in [0.15, 0.2) is 24.3 Å². The van der Waals surface area contributed by atoms with Crippen LogP contribution in [-0.2, 0) is 0 Å². The highest BCUT2D eigenvalue weighted by atomic mass is 19.1. The van der Waals surface area contributed by atoms with Crippen LogP contribution < -0.4 is 19.5 Å². The first-order valence-electron chi connectivity index (χ1n) is 8.40. The van der Waals surface area contributed by atoms with Gasteiger partial charge in [-0.3, -0.25) is 0 Å². The van der Waals surface area contributed by atoms with Crippen LogP contribution in [-0.4, -0.2) is 47.6 Å². The number of methoxy groups -OCH3 is 2. The highest BCUT2D eigenvalue weighted by Gasteiger charge is 2.17. The van der Waals surface area contributed by atoms with Crippen LogP contribution in [0.5, 0.6) is 23.3 Å². The van der Waals surface area contributed by atoms with Gasteiger partial charge in [0.2, 0.25) is 0 Å². The Balaban J connectivity index is 2.16. The third-order valence-electron chi connectivity index (χ3n) is 4.02. The minimum Gasteiger partial charge on any atom is -0.508 e. The number of phenolic OH excluding ortho intramolecular Hbond substituents is 1. The quantitative estimate of drug-likeness (QED) is 0.566. The Hall–Kier alpha value is -3.33. The van der Waals surface area contributed by atoms with Crippen LogP contribution in [0.2, 0.25) is 0 Å². The molecular formula is C19H20FN3O5. The molecule has 148 valence electrons. The lowest BCUT2D eigenvalue weighted by atomic mass is 10.1. The van der Waals surface area contributed by atoms with Gasteiger partial charge in [-0.15, -0.1) is 0 Å². The first kappa shape index (κ1) is 19.4. The maximum absolute atomic E-state index is 14.4. The summed E-state index contributed by atoms with van der Waals surface area (Å²) in [6, 6.07) is 5.79. The van der Waals surface area contributed by atoms with Gasteiger partial charge in [0.15, 0.2) is 0 Å². The fraction of sp³-hybridized carbons (Fsp3) is 0.263. The summed E-state index contributed by atoms with van der Waals surface area (Å²) in [5.41, 5.74) is 0.877. The normalized spacial score (nSPS) is 10.8. The molecule has 3 N–H and O–H groups in total. The first-order valence-corrected chi connectivity index (χ1v) is 8.40. The Morgan fingerprint density at radius 2 is 1.89 bits per heavy atom. The Kier molecular flexibility index (Phi) is 5.65. The van der Waals surface area contributed by atoms with Crippen molar-refractivity contribution in [3.8, 4) is 23.3 Å². The van der Waals surface area contributed by atoms with Crippen molar-refractivity contribution in [3.05, 3.63) is 35.6 Å². The number of ether oxygens (including phenoxy) is 3. The van der Waals surface area contributed by atoms with E-state index in [-0.39, 0.29) is 36.5 Å². The van der Waals surface area contributed by atoms with Gasteiger partial charge in [-0.25, -0.2) is 4.39 Å². The van der Waals surface area contributed by atoms with E-state index in [0.717, 1.165) is 0 Å². The second-order valence-corrected chi connectivity index (χ2v) is 5.89. The fourth-order valence-electron chi connectivity index (χ4n) is 2.66. The molecule has 3 aromatic rings. The van der Waals surface area contributed by atoms with Crippen LogP contribution >= 0.6 is 0 Å². The highest BCUT2D eigenvalue weighted by Crippen LogP contribution is 2.37. The van der Waals surface area contributed by atoms with Gasteiger partial charge >= 0.3 is 6.01 Å². The average molecular weight is 389 g/mol. The molecule has 1 aromatic heterocycles. The number of nitrogens with zero attached hydrogens (tertiary/aromatic N) is 2. The lowest BCUT2D eigenvalue weighted by Crippen LogP contribution is -2.05. The van der Waals surface area contributed by atoms with Crippen LogP contribution in [0.1, 0.15) is 5.56 Å². The number of aromatic nitrogens is 2. The summed E-state index contributed by atoms with van der Waals surface area (Å²) in [7, 11) is 2.88. The highest BCUT2D eigenvalue weighted by molar-refractivity contribution is 5.97. The molecule has 0 aliphatic heterocycles. The topological polar surface area (TPSA) is 106 Å². The molecule has 2 aromatic carbocycles. The molecule has 8 nitrogen and oxygen atoms in total.